The lowest BCUT2D eigenvalue weighted by Gasteiger charge is -2.47. The predicted molar refractivity (Wildman–Crippen MR) is 101 cm³/mol. The minimum Gasteiger partial charge on any atom is -0.394 e. The molecule has 0 radical (unpaired) electrons. The van der Waals surface area contributed by atoms with Gasteiger partial charge in [0, 0.05) is 0 Å². The molecule has 11 N–H and O–H groups in total. The Morgan fingerprint density at radius 3 is 1.35 bits per heavy atom. The lowest BCUT2D eigenvalue weighted by atomic mass is 9.96. The zero-order valence-corrected chi connectivity index (χ0v) is 17.7. The largest absolute Gasteiger partial charge is 0.394 e. The Morgan fingerprint density at radius 2 is 0.853 bits per heavy atom. The molecule has 0 aromatic rings. The van der Waals surface area contributed by atoms with Crippen LogP contribution in [0.3, 0.4) is 0 Å². The zero-order chi connectivity index (χ0) is 25.3. The maximum atomic E-state index is 10.6. The van der Waals surface area contributed by atoms with Crippen LogP contribution in [0.1, 0.15) is 0 Å². The fraction of sp³-hybridized carbons (Fsp3) is 1.00. The third kappa shape index (κ3) is 5.37. The molecule has 0 amide bonds. The van der Waals surface area contributed by atoms with Crippen molar-refractivity contribution in [2.24, 2.45) is 0 Å². The van der Waals surface area contributed by atoms with Crippen LogP contribution in [0.5, 0.6) is 0 Å². The predicted octanol–water partition coefficient (Wildman–Crippen LogP) is -7.57. The topological polar surface area (TPSA) is 269 Å². The molecule has 200 valence electrons. The van der Waals surface area contributed by atoms with Gasteiger partial charge >= 0.3 is 0 Å². The smallest absolute Gasteiger partial charge is 0.187 e. The summed E-state index contributed by atoms with van der Waals surface area (Å²) in [5.74, 6) is 0. The van der Waals surface area contributed by atoms with E-state index in [0.29, 0.717) is 0 Å². The van der Waals surface area contributed by atoms with Crippen LogP contribution in [0.2, 0.25) is 0 Å². The fourth-order valence-electron chi connectivity index (χ4n) is 4.06. The van der Waals surface area contributed by atoms with E-state index in [1.807, 2.05) is 0 Å². The number of aliphatic hydroxyl groups is 11. The van der Waals surface area contributed by atoms with E-state index in [1.165, 1.54) is 0 Å². The SMILES string of the molecule is OC[C@@H]1O[C@H](O)[C@H](O)[C@H](O)[C@@H]1O[C@H]1O[C@@H](CO)[C@@H](O[C@@H]2O[C@H](CO)[C@H](O)[C@H](O)[C@@H]2O)[C@@H](O)[C@H]1O. The molecule has 16 nitrogen and oxygen atoms in total. The van der Waals surface area contributed by atoms with Crippen molar-refractivity contribution in [1.29, 1.82) is 0 Å². The molecule has 0 saturated carbocycles. The highest BCUT2D eigenvalue weighted by atomic mass is 16.8. The third-order valence-electron chi connectivity index (χ3n) is 6.09. The minimum atomic E-state index is -1.91. The molecule has 3 saturated heterocycles. The first-order valence-corrected chi connectivity index (χ1v) is 10.6. The molecule has 0 aromatic carbocycles. The van der Waals surface area contributed by atoms with Crippen LogP contribution in [0.15, 0.2) is 0 Å². The first-order valence-electron chi connectivity index (χ1n) is 10.6. The van der Waals surface area contributed by atoms with Crippen molar-refractivity contribution in [3.05, 3.63) is 0 Å². The van der Waals surface area contributed by atoms with Gasteiger partial charge in [-0.3, -0.25) is 0 Å². The quantitative estimate of drug-likeness (QED) is 0.154. The molecule has 0 bridgehead atoms. The first kappa shape index (κ1) is 27.9. The van der Waals surface area contributed by atoms with E-state index in [0.717, 1.165) is 0 Å². The van der Waals surface area contributed by atoms with Crippen molar-refractivity contribution >= 4 is 0 Å². The van der Waals surface area contributed by atoms with Gasteiger partial charge in [-0.2, -0.15) is 0 Å². The van der Waals surface area contributed by atoms with Crippen molar-refractivity contribution in [2.45, 2.75) is 92.1 Å². The summed E-state index contributed by atoms with van der Waals surface area (Å²) in [6.45, 7) is -2.32. The van der Waals surface area contributed by atoms with Crippen molar-refractivity contribution in [3.8, 4) is 0 Å². The maximum absolute atomic E-state index is 10.6. The number of hydrogen-bond acceptors (Lipinski definition) is 16. The van der Waals surface area contributed by atoms with Crippen LogP contribution in [-0.2, 0) is 23.7 Å². The highest BCUT2D eigenvalue weighted by Crippen LogP contribution is 2.32. The van der Waals surface area contributed by atoms with E-state index in [2.05, 4.69) is 0 Å². The van der Waals surface area contributed by atoms with Crippen molar-refractivity contribution < 1.29 is 79.9 Å². The molecule has 0 spiro atoms. The highest BCUT2D eigenvalue weighted by molar-refractivity contribution is 4.96. The Labute approximate surface area is 192 Å². The van der Waals surface area contributed by atoms with Gasteiger partial charge < -0.3 is 79.9 Å². The van der Waals surface area contributed by atoms with Gasteiger partial charge in [0.05, 0.1) is 19.8 Å². The molecule has 0 aliphatic carbocycles. The Hall–Kier alpha value is -0.640. The van der Waals surface area contributed by atoms with Crippen LogP contribution < -0.4 is 0 Å². The summed E-state index contributed by atoms with van der Waals surface area (Å²) in [6, 6.07) is 0. The molecular formula is C18H32O16. The Morgan fingerprint density at radius 1 is 0.441 bits per heavy atom. The molecule has 0 aromatic heterocycles. The lowest BCUT2D eigenvalue weighted by molar-refractivity contribution is -0.377. The molecule has 3 rings (SSSR count). The van der Waals surface area contributed by atoms with Gasteiger partial charge in [0.2, 0.25) is 0 Å². The van der Waals surface area contributed by atoms with E-state index in [9.17, 15) is 56.2 Å². The summed E-state index contributed by atoms with van der Waals surface area (Å²) in [5.41, 5.74) is 0. The number of aliphatic hydroxyl groups excluding tert-OH is 11. The molecule has 15 atom stereocenters. The van der Waals surface area contributed by atoms with Crippen molar-refractivity contribution in [1.82, 2.24) is 0 Å². The van der Waals surface area contributed by atoms with E-state index in [1.54, 1.807) is 0 Å². The van der Waals surface area contributed by atoms with E-state index < -0.39 is 112 Å². The minimum absolute atomic E-state index is 0.741. The lowest BCUT2D eigenvalue weighted by Crippen LogP contribution is -2.66. The van der Waals surface area contributed by atoms with Crippen molar-refractivity contribution in [2.75, 3.05) is 19.8 Å². The summed E-state index contributed by atoms with van der Waals surface area (Å²) >= 11 is 0. The summed E-state index contributed by atoms with van der Waals surface area (Å²) in [6.07, 6.45) is -25.1. The van der Waals surface area contributed by atoms with Crippen molar-refractivity contribution in [3.63, 3.8) is 0 Å². The third-order valence-corrected chi connectivity index (χ3v) is 6.09. The summed E-state index contributed by atoms with van der Waals surface area (Å²) in [7, 11) is 0. The molecular weight excluding hydrogens is 472 g/mol. The highest BCUT2D eigenvalue weighted by Gasteiger charge is 2.53. The summed E-state index contributed by atoms with van der Waals surface area (Å²) < 4.78 is 26.4. The van der Waals surface area contributed by atoms with Crippen LogP contribution in [-0.4, -0.2) is 168 Å². The average Bonchev–Trinajstić information content (AvgIpc) is 2.83. The monoisotopic (exact) mass is 504 g/mol. The van der Waals surface area contributed by atoms with Gasteiger partial charge in [-0.25, -0.2) is 0 Å². The van der Waals surface area contributed by atoms with Crippen LogP contribution >= 0.6 is 0 Å². The van der Waals surface area contributed by atoms with Gasteiger partial charge in [0.15, 0.2) is 18.9 Å². The van der Waals surface area contributed by atoms with Crippen LogP contribution in [0, 0.1) is 0 Å². The Kier molecular flexibility index (Phi) is 9.54. The molecule has 34 heavy (non-hydrogen) atoms. The second-order valence-corrected chi connectivity index (χ2v) is 8.33. The van der Waals surface area contributed by atoms with Gasteiger partial charge in [-0.1, -0.05) is 0 Å². The summed E-state index contributed by atoms with van der Waals surface area (Å²) in [5, 5.41) is 109. The van der Waals surface area contributed by atoms with E-state index in [-0.39, 0.29) is 0 Å². The molecule has 3 aliphatic heterocycles. The Balaban J connectivity index is 1.72. The van der Waals surface area contributed by atoms with E-state index >= 15 is 0 Å². The summed E-state index contributed by atoms with van der Waals surface area (Å²) in [4.78, 5) is 0. The van der Waals surface area contributed by atoms with Gasteiger partial charge in [0.1, 0.15) is 73.2 Å². The number of rotatable bonds is 7. The van der Waals surface area contributed by atoms with Crippen LogP contribution in [0.4, 0.5) is 0 Å². The molecule has 3 fully saturated rings. The molecule has 0 unspecified atom stereocenters. The standard InChI is InChI=1S/C18H32O16/c19-1-4-7(22)8(23)12(27)17(31-4)34-15-6(3-21)32-18(13(28)10(15)25)33-14-5(2-20)30-16(29)11(26)9(14)24/h4-29H,1-3H2/t4-,5+,6+,7+,8+,9+,10+,11-,12+,13-,14-,15-,16+,17+,18-/m1/s1. The molecule has 16 heteroatoms. The number of ether oxygens (including phenoxy) is 5. The molecule has 3 aliphatic rings. The second-order valence-electron chi connectivity index (χ2n) is 8.33. The molecule has 3 heterocycles. The number of hydrogen-bond donors (Lipinski definition) is 11. The normalized spacial score (nSPS) is 52.5. The first-order chi connectivity index (χ1) is 16.0. The van der Waals surface area contributed by atoms with E-state index in [4.69, 9.17) is 23.7 Å². The fourth-order valence-corrected chi connectivity index (χ4v) is 4.06. The maximum Gasteiger partial charge on any atom is 0.187 e. The average molecular weight is 504 g/mol. The van der Waals surface area contributed by atoms with Crippen LogP contribution in [0.25, 0.3) is 0 Å². The zero-order valence-electron chi connectivity index (χ0n) is 17.7. The second kappa shape index (κ2) is 11.6. The van der Waals surface area contributed by atoms with Gasteiger partial charge in [-0.15, -0.1) is 0 Å². The van der Waals surface area contributed by atoms with Gasteiger partial charge in [0.25, 0.3) is 0 Å². The Bertz CT molecular complexity index is 635. The van der Waals surface area contributed by atoms with Gasteiger partial charge in [-0.05, 0) is 0 Å².